The molecule has 2 fully saturated rings. The third-order valence-electron chi connectivity index (χ3n) is 4.46. The third-order valence-corrected chi connectivity index (χ3v) is 4.46. The molecule has 2 aliphatic rings. The van der Waals surface area contributed by atoms with Crippen LogP contribution in [-0.2, 0) is 14.3 Å². The molecule has 0 aromatic carbocycles. The van der Waals surface area contributed by atoms with Gasteiger partial charge in [-0.2, -0.15) is 0 Å². The van der Waals surface area contributed by atoms with E-state index in [9.17, 15) is 4.79 Å². The van der Waals surface area contributed by atoms with Crippen molar-refractivity contribution < 1.29 is 14.3 Å². The standard InChI is InChI=1S/C15H27NO3/c1-3-18-14(17)15(16-2,12-9-10-12)11-19-13-7-5-4-6-8-13/h12-13,16H,3-11H2,1-2H3. The molecule has 2 aliphatic carbocycles. The first-order valence-electron chi connectivity index (χ1n) is 7.70. The quantitative estimate of drug-likeness (QED) is 0.720. The molecular weight excluding hydrogens is 242 g/mol. The third kappa shape index (κ3) is 3.48. The van der Waals surface area contributed by atoms with E-state index >= 15 is 0 Å². The van der Waals surface area contributed by atoms with Crippen LogP contribution in [0.15, 0.2) is 0 Å². The average molecular weight is 269 g/mol. The van der Waals surface area contributed by atoms with Crippen LogP contribution in [0.3, 0.4) is 0 Å². The van der Waals surface area contributed by atoms with Gasteiger partial charge in [0.2, 0.25) is 0 Å². The highest BCUT2D eigenvalue weighted by atomic mass is 16.5. The minimum Gasteiger partial charge on any atom is -0.465 e. The lowest BCUT2D eigenvalue weighted by molar-refractivity contribution is -0.156. The van der Waals surface area contributed by atoms with Gasteiger partial charge in [0.25, 0.3) is 0 Å². The molecule has 1 N–H and O–H groups in total. The van der Waals surface area contributed by atoms with Crippen molar-refractivity contribution in [2.24, 2.45) is 5.92 Å². The number of esters is 1. The van der Waals surface area contributed by atoms with E-state index < -0.39 is 5.54 Å². The summed E-state index contributed by atoms with van der Waals surface area (Å²) in [4.78, 5) is 12.3. The molecule has 1 unspecified atom stereocenters. The largest absolute Gasteiger partial charge is 0.465 e. The summed E-state index contributed by atoms with van der Waals surface area (Å²) in [5.74, 6) is 0.232. The van der Waals surface area contributed by atoms with E-state index in [0.29, 0.717) is 25.2 Å². The van der Waals surface area contributed by atoms with Crippen molar-refractivity contribution in [3.63, 3.8) is 0 Å². The Morgan fingerprint density at radius 3 is 2.42 bits per heavy atom. The summed E-state index contributed by atoms with van der Waals surface area (Å²) in [7, 11) is 1.85. The predicted octanol–water partition coefficient (Wildman–Crippen LogP) is 2.27. The van der Waals surface area contributed by atoms with E-state index in [0.717, 1.165) is 25.7 Å². The molecule has 0 aliphatic heterocycles. The first kappa shape index (κ1) is 14.8. The Labute approximate surface area is 116 Å². The van der Waals surface area contributed by atoms with Crippen molar-refractivity contribution in [3.05, 3.63) is 0 Å². The van der Waals surface area contributed by atoms with Gasteiger partial charge in [-0.05, 0) is 45.6 Å². The summed E-state index contributed by atoms with van der Waals surface area (Å²) in [6.07, 6.45) is 8.59. The van der Waals surface area contributed by atoms with Gasteiger partial charge in [0.1, 0.15) is 5.54 Å². The zero-order chi connectivity index (χ0) is 13.7. The summed E-state index contributed by atoms with van der Waals surface area (Å²) >= 11 is 0. The highest BCUT2D eigenvalue weighted by molar-refractivity contribution is 5.82. The minimum atomic E-state index is -0.618. The maximum absolute atomic E-state index is 12.3. The van der Waals surface area contributed by atoms with Gasteiger partial charge in [-0.3, -0.25) is 0 Å². The fourth-order valence-electron chi connectivity index (χ4n) is 3.04. The van der Waals surface area contributed by atoms with Gasteiger partial charge in [-0.15, -0.1) is 0 Å². The van der Waals surface area contributed by atoms with Crippen LogP contribution in [0, 0.1) is 5.92 Å². The Kier molecular flexibility index (Phi) is 5.22. The Balaban J connectivity index is 1.94. The van der Waals surface area contributed by atoms with Gasteiger partial charge < -0.3 is 14.8 Å². The second-order valence-electron chi connectivity index (χ2n) is 5.79. The van der Waals surface area contributed by atoms with Crippen LogP contribution in [-0.4, -0.2) is 37.9 Å². The molecule has 19 heavy (non-hydrogen) atoms. The molecule has 1 atom stereocenters. The normalized spacial score (nSPS) is 23.9. The van der Waals surface area contributed by atoms with Gasteiger partial charge in [0, 0.05) is 0 Å². The highest BCUT2D eigenvalue weighted by Gasteiger charge is 2.51. The zero-order valence-electron chi connectivity index (χ0n) is 12.2. The molecule has 0 aromatic rings. The number of hydrogen-bond donors (Lipinski definition) is 1. The van der Waals surface area contributed by atoms with Crippen LogP contribution in [0.4, 0.5) is 0 Å². The number of nitrogens with one attached hydrogen (secondary N) is 1. The molecule has 0 heterocycles. The molecule has 110 valence electrons. The Morgan fingerprint density at radius 1 is 1.21 bits per heavy atom. The summed E-state index contributed by atoms with van der Waals surface area (Å²) in [5, 5.41) is 3.20. The fraction of sp³-hybridized carbons (Fsp3) is 0.933. The molecule has 0 aromatic heterocycles. The molecule has 4 nitrogen and oxygen atoms in total. The highest BCUT2D eigenvalue weighted by Crippen LogP contribution is 2.41. The Hall–Kier alpha value is -0.610. The second-order valence-corrected chi connectivity index (χ2v) is 5.79. The van der Waals surface area contributed by atoms with Gasteiger partial charge in [0.05, 0.1) is 19.3 Å². The predicted molar refractivity (Wildman–Crippen MR) is 74.0 cm³/mol. The summed E-state index contributed by atoms with van der Waals surface area (Å²) in [6.45, 7) is 2.74. The first-order valence-corrected chi connectivity index (χ1v) is 7.70. The van der Waals surface area contributed by atoms with Crippen molar-refractivity contribution >= 4 is 5.97 Å². The Bertz CT molecular complexity index is 298. The zero-order valence-corrected chi connectivity index (χ0v) is 12.2. The lowest BCUT2D eigenvalue weighted by atomic mass is 9.93. The van der Waals surface area contributed by atoms with Gasteiger partial charge in [-0.1, -0.05) is 19.3 Å². The molecular formula is C15H27NO3. The van der Waals surface area contributed by atoms with Gasteiger partial charge in [-0.25, -0.2) is 4.79 Å². The van der Waals surface area contributed by atoms with Crippen molar-refractivity contribution in [2.75, 3.05) is 20.3 Å². The smallest absolute Gasteiger partial charge is 0.329 e. The Morgan fingerprint density at radius 2 is 1.89 bits per heavy atom. The van der Waals surface area contributed by atoms with Crippen LogP contribution >= 0.6 is 0 Å². The molecule has 0 amide bonds. The molecule has 2 rings (SSSR count). The number of ether oxygens (including phenoxy) is 2. The van der Waals surface area contributed by atoms with E-state index in [4.69, 9.17) is 9.47 Å². The van der Waals surface area contributed by atoms with Gasteiger partial charge in [0.15, 0.2) is 0 Å². The molecule has 0 spiro atoms. The average Bonchev–Trinajstić information content (AvgIpc) is 3.27. The van der Waals surface area contributed by atoms with Crippen LogP contribution in [0.5, 0.6) is 0 Å². The van der Waals surface area contributed by atoms with E-state index in [2.05, 4.69) is 5.32 Å². The monoisotopic (exact) mass is 269 g/mol. The topological polar surface area (TPSA) is 47.6 Å². The minimum absolute atomic E-state index is 0.143. The number of carbonyl (C=O) groups excluding carboxylic acids is 1. The van der Waals surface area contributed by atoms with Crippen molar-refractivity contribution in [2.45, 2.75) is 63.5 Å². The first-order chi connectivity index (χ1) is 9.23. The number of rotatable bonds is 7. The maximum Gasteiger partial charge on any atom is 0.329 e. The lowest BCUT2D eigenvalue weighted by Gasteiger charge is -2.33. The lowest BCUT2D eigenvalue weighted by Crippen LogP contribution is -2.57. The van der Waals surface area contributed by atoms with E-state index in [1.54, 1.807) is 0 Å². The second kappa shape index (κ2) is 6.71. The SMILES string of the molecule is CCOC(=O)C(COC1CCCCC1)(NC)C1CC1. The van der Waals surface area contributed by atoms with E-state index in [-0.39, 0.29) is 5.97 Å². The van der Waals surface area contributed by atoms with Crippen LogP contribution < -0.4 is 5.32 Å². The van der Waals surface area contributed by atoms with Crippen LogP contribution in [0.2, 0.25) is 0 Å². The van der Waals surface area contributed by atoms with Crippen molar-refractivity contribution in [1.29, 1.82) is 0 Å². The van der Waals surface area contributed by atoms with Crippen LogP contribution in [0.25, 0.3) is 0 Å². The van der Waals surface area contributed by atoms with E-state index in [1.165, 1.54) is 19.3 Å². The fourth-order valence-corrected chi connectivity index (χ4v) is 3.04. The number of carbonyl (C=O) groups is 1. The van der Waals surface area contributed by atoms with Crippen LogP contribution in [0.1, 0.15) is 51.9 Å². The van der Waals surface area contributed by atoms with E-state index in [1.807, 2.05) is 14.0 Å². The summed E-state index contributed by atoms with van der Waals surface area (Å²) in [6, 6.07) is 0. The maximum atomic E-state index is 12.3. The summed E-state index contributed by atoms with van der Waals surface area (Å²) in [5.41, 5.74) is -0.618. The molecule has 4 heteroatoms. The summed E-state index contributed by atoms with van der Waals surface area (Å²) < 4.78 is 11.3. The molecule has 0 saturated heterocycles. The number of likely N-dealkylation sites (N-methyl/N-ethyl adjacent to an activating group) is 1. The van der Waals surface area contributed by atoms with Gasteiger partial charge >= 0.3 is 5.97 Å². The van der Waals surface area contributed by atoms with Crippen molar-refractivity contribution in [1.82, 2.24) is 5.32 Å². The molecule has 2 saturated carbocycles. The number of hydrogen-bond acceptors (Lipinski definition) is 4. The van der Waals surface area contributed by atoms with Crippen molar-refractivity contribution in [3.8, 4) is 0 Å². The molecule has 0 radical (unpaired) electrons. The molecule has 0 bridgehead atoms.